The van der Waals surface area contributed by atoms with E-state index in [-0.39, 0.29) is 12.4 Å². The molecular weight excluding hydrogens is 349 g/mol. The van der Waals surface area contributed by atoms with E-state index in [0.717, 1.165) is 5.56 Å². The maximum Gasteiger partial charge on any atom is 0.277 e. The minimum atomic E-state index is -0.416. The highest BCUT2D eigenvalue weighted by molar-refractivity contribution is 5.99. The topological polar surface area (TPSA) is 76.7 Å². The van der Waals surface area contributed by atoms with Crippen LogP contribution < -0.4 is 10.2 Å². The van der Waals surface area contributed by atoms with Gasteiger partial charge in [0.15, 0.2) is 12.4 Å². The van der Waals surface area contributed by atoms with Crippen molar-refractivity contribution in [1.29, 1.82) is 0 Å². The minimum Gasteiger partial charge on any atom is -0.483 e. The molecule has 27 heavy (non-hydrogen) atoms. The lowest BCUT2D eigenvalue weighted by atomic mass is 10.1. The number of hydrogen-bond acceptors (Lipinski definition) is 5. The van der Waals surface area contributed by atoms with Crippen LogP contribution in [-0.4, -0.2) is 23.4 Å². The third kappa shape index (κ3) is 4.78. The SMILES string of the molecule is C/C(=N\NC(=O)COc1ccc(C)cc1-c1ccno1)c1ccc(F)cc1. The van der Waals surface area contributed by atoms with Crippen molar-refractivity contribution in [3.05, 3.63) is 71.7 Å². The molecule has 6 nitrogen and oxygen atoms in total. The molecule has 0 aliphatic rings. The van der Waals surface area contributed by atoms with Gasteiger partial charge in [0.25, 0.3) is 5.91 Å². The Bertz CT molecular complexity index is 951. The van der Waals surface area contributed by atoms with Crippen LogP contribution in [-0.2, 0) is 4.79 Å². The number of halogens is 1. The van der Waals surface area contributed by atoms with Gasteiger partial charge < -0.3 is 9.26 Å². The quantitative estimate of drug-likeness (QED) is 0.532. The number of hydrazone groups is 1. The molecule has 0 spiro atoms. The zero-order valence-electron chi connectivity index (χ0n) is 14.9. The van der Waals surface area contributed by atoms with Crippen molar-refractivity contribution < 1.29 is 18.4 Å². The summed E-state index contributed by atoms with van der Waals surface area (Å²) in [7, 11) is 0. The van der Waals surface area contributed by atoms with Crippen molar-refractivity contribution >= 4 is 11.6 Å². The van der Waals surface area contributed by atoms with Gasteiger partial charge in [0.05, 0.1) is 17.5 Å². The first kappa shape index (κ1) is 18.3. The van der Waals surface area contributed by atoms with E-state index >= 15 is 0 Å². The fourth-order valence-electron chi connectivity index (χ4n) is 2.39. The predicted octanol–water partition coefficient (Wildman–Crippen LogP) is 3.71. The van der Waals surface area contributed by atoms with Crippen LogP contribution in [0.1, 0.15) is 18.1 Å². The van der Waals surface area contributed by atoms with E-state index in [9.17, 15) is 9.18 Å². The summed E-state index contributed by atoms with van der Waals surface area (Å²) in [5.41, 5.74) is 5.43. The van der Waals surface area contributed by atoms with Gasteiger partial charge in [0, 0.05) is 6.07 Å². The standard InChI is InChI=1S/C20H18FN3O3/c1-13-3-8-18(17(11-13)19-9-10-22-27-19)26-12-20(25)24-23-14(2)15-4-6-16(21)7-5-15/h3-11H,12H2,1-2H3,(H,24,25)/b23-14+. The van der Waals surface area contributed by atoms with Gasteiger partial charge in [-0.1, -0.05) is 28.9 Å². The summed E-state index contributed by atoms with van der Waals surface area (Å²) in [5.74, 6) is 0.316. The second-order valence-electron chi connectivity index (χ2n) is 5.90. The van der Waals surface area contributed by atoms with Crippen LogP contribution in [0.4, 0.5) is 4.39 Å². The number of rotatable bonds is 6. The van der Waals surface area contributed by atoms with Gasteiger partial charge >= 0.3 is 0 Å². The lowest BCUT2D eigenvalue weighted by molar-refractivity contribution is -0.123. The molecular formula is C20H18FN3O3. The van der Waals surface area contributed by atoms with E-state index in [1.54, 1.807) is 37.4 Å². The normalized spacial score (nSPS) is 11.3. The molecule has 3 aromatic rings. The molecule has 0 bridgehead atoms. The molecule has 0 unspecified atom stereocenters. The Morgan fingerprint density at radius 3 is 2.70 bits per heavy atom. The van der Waals surface area contributed by atoms with Crippen molar-refractivity contribution in [1.82, 2.24) is 10.6 Å². The van der Waals surface area contributed by atoms with E-state index in [0.29, 0.717) is 28.3 Å². The lowest BCUT2D eigenvalue weighted by Crippen LogP contribution is -2.25. The van der Waals surface area contributed by atoms with Gasteiger partial charge in [0.1, 0.15) is 11.6 Å². The van der Waals surface area contributed by atoms with E-state index in [4.69, 9.17) is 9.26 Å². The zero-order valence-corrected chi connectivity index (χ0v) is 14.9. The molecule has 0 aliphatic carbocycles. The maximum absolute atomic E-state index is 12.9. The number of hydrogen-bond donors (Lipinski definition) is 1. The number of carbonyl (C=O) groups excluding carboxylic acids is 1. The highest BCUT2D eigenvalue weighted by Crippen LogP contribution is 2.30. The monoisotopic (exact) mass is 367 g/mol. The number of ether oxygens (including phenoxy) is 1. The Morgan fingerprint density at radius 2 is 2.00 bits per heavy atom. The molecule has 0 saturated carbocycles. The number of aromatic nitrogens is 1. The van der Waals surface area contributed by atoms with Crippen LogP contribution >= 0.6 is 0 Å². The van der Waals surface area contributed by atoms with Crippen molar-refractivity contribution in [3.8, 4) is 17.1 Å². The van der Waals surface area contributed by atoms with E-state index in [2.05, 4.69) is 15.7 Å². The molecule has 0 radical (unpaired) electrons. The van der Waals surface area contributed by atoms with E-state index in [1.165, 1.54) is 12.1 Å². The van der Waals surface area contributed by atoms with Gasteiger partial charge in [-0.3, -0.25) is 4.79 Å². The molecule has 3 rings (SSSR count). The molecule has 7 heteroatoms. The smallest absolute Gasteiger partial charge is 0.277 e. The molecule has 0 saturated heterocycles. The molecule has 2 aromatic carbocycles. The highest BCUT2D eigenvalue weighted by atomic mass is 19.1. The third-order valence-electron chi connectivity index (χ3n) is 3.81. The third-order valence-corrected chi connectivity index (χ3v) is 3.81. The fourth-order valence-corrected chi connectivity index (χ4v) is 2.39. The average molecular weight is 367 g/mol. The van der Waals surface area contributed by atoms with Gasteiger partial charge in [0.2, 0.25) is 0 Å². The number of nitrogens with one attached hydrogen (secondary N) is 1. The van der Waals surface area contributed by atoms with Crippen LogP contribution in [0.2, 0.25) is 0 Å². The maximum atomic E-state index is 12.9. The van der Waals surface area contributed by atoms with Crippen molar-refractivity contribution in [2.75, 3.05) is 6.61 Å². The molecule has 0 fully saturated rings. The number of aryl methyl sites for hydroxylation is 1. The van der Waals surface area contributed by atoms with Crippen LogP contribution in [0, 0.1) is 12.7 Å². The molecule has 1 aromatic heterocycles. The summed E-state index contributed by atoms with van der Waals surface area (Å²) in [5, 5.41) is 7.71. The number of nitrogens with zero attached hydrogens (tertiary/aromatic N) is 2. The molecule has 1 heterocycles. The lowest BCUT2D eigenvalue weighted by Gasteiger charge is -2.10. The van der Waals surface area contributed by atoms with Crippen LogP contribution in [0.3, 0.4) is 0 Å². The number of benzene rings is 2. The van der Waals surface area contributed by atoms with Crippen LogP contribution in [0.5, 0.6) is 5.75 Å². The van der Waals surface area contributed by atoms with E-state index < -0.39 is 5.91 Å². The van der Waals surface area contributed by atoms with Crippen LogP contribution in [0.25, 0.3) is 11.3 Å². The van der Waals surface area contributed by atoms with Gasteiger partial charge in [-0.15, -0.1) is 0 Å². The first-order valence-corrected chi connectivity index (χ1v) is 8.26. The number of carbonyl (C=O) groups is 1. The first-order chi connectivity index (χ1) is 13.0. The second kappa shape index (κ2) is 8.27. The van der Waals surface area contributed by atoms with Gasteiger partial charge in [-0.25, -0.2) is 9.82 Å². The fraction of sp³-hybridized carbons (Fsp3) is 0.150. The highest BCUT2D eigenvalue weighted by Gasteiger charge is 2.12. The summed E-state index contributed by atoms with van der Waals surface area (Å²) < 4.78 is 23.7. The van der Waals surface area contributed by atoms with Crippen molar-refractivity contribution in [2.24, 2.45) is 5.10 Å². The Balaban J connectivity index is 1.63. The van der Waals surface area contributed by atoms with Crippen molar-refractivity contribution in [3.63, 3.8) is 0 Å². The Kier molecular flexibility index (Phi) is 5.61. The molecule has 1 N–H and O–H groups in total. The summed E-state index contributed by atoms with van der Waals surface area (Å²) in [6.07, 6.45) is 1.54. The largest absolute Gasteiger partial charge is 0.483 e. The first-order valence-electron chi connectivity index (χ1n) is 8.26. The molecule has 0 aliphatic heterocycles. The Labute approximate surface area is 155 Å². The van der Waals surface area contributed by atoms with Crippen molar-refractivity contribution in [2.45, 2.75) is 13.8 Å². The zero-order chi connectivity index (χ0) is 19.2. The Morgan fingerprint density at radius 1 is 1.22 bits per heavy atom. The molecule has 0 atom stereocenters. The summed E-state index contributed by atoms with van der Waals surface area (Å²) in [4.78, 5) is 12.0. The Hall–Kier alpha value is -3.48. The second-order valence-corrected chi connectivity index (χ2v) is 5.90. The summed E-state index contributed by atoms with van der Waals surface area (Å²) in [6, 6.07) is 13.1. The van der Waals surface area contributed by atoms with Gasteiger partial charge in [-0.05, 0) is 43.7 Å². The summed E-state index contributed by atoms with van der Waals surface area (Å²) in [6.45, 7) is 3.45. The number of amides is 1. The van der Waals surface area contributed by atoms with Crippen LogP contribution in [0.15, 0.2) is 64.4 Å². The molecule has 1 amide bonds. The molecule has 138 valence electrons. The minimum absolute atomic E-state index is 0.218. The van der Waals surface area contributed by atoms with E-state index in [1.807, 2.05) is 19.1 Å². The summed E-state index contributed by atoms with van der Waals surface area (Å²) >= 11 is 0. The van der Waals surface area contributed by atoms with Gasteiger partial charge in [-0.2, -0.15) is 5.10 Å². The average Bonchev–Trinajstić information content (AvgIpc) is 3.20. The predicted molar refractivity (Wildman–Crippen MR) is 98.9 cm³/mol.